The van der Waals surface area contributed by atoms with Crippen molar-refractivity contribution in [2.75, 3.05) is 0 Å². The molecule has 0 N–H and O–H groups in total. The van der Waals surface area contributed by atoms with Gasteiger partial charge in [0.2, 0.25) is 0 Å². The average Bonchev–Trinajstić information content (AvgIpc) is 2.26. The lowest BCUT2D eigenvalue weighted by Gasteiger charge is -2.23. The van der Waals surface area contributed by atoms with Crippen LogP contribution in [0.3, 0.4) is 0 Å². The van der Waals surface area contributed by atoms with Crippen molar-refractivity contribution >= 4 is 11.8 Å². The van der Waals surface area contributed by atoms with Crippen molar-refractivity contribution in [2.45, 2.75) is 31.6 Å². The summed E-state index contributed by atoms with van der Waals surface area (Å²) < 4.78 is 5.93. The van der Waals surface area contributed by atoms with E-state index >= 15 is 0 Å². The fraction of sp³-hybridized carbons (Fsp3) is 0.286. The zero-order valence-electron chi connectivity index (χ0n) is 9.91. The van der Waals surface area contributed by atoms with Crippen molar-refractivity contribution in [3.05, 3.63) is 47.1 Å². The van der Waals surface area contributed by atoms with Crippen molar-refractivity contribution in [3.8, 4) is 5.75 Å². The zero-order valence-corrected chi connectivity index (χ0v) is 10.7. The molecule has 1 nitrogen and oxygen atoms in total. The maximum Gasteiger partial charge on any atom is 0.144 e. The van der Waals surface area contributed by atoms with Gasteiger partial charge in [0.1, 0.15) is 11.5 Å². The molecule has 0 amide bonds. The molecule has 0 radical (unpaired) electrons. The molecule has 1 aromatic rings. The first-order valence-electron chi connectivity index (χ1n) is 5.45. The van der Waals surface area contributed by atoms with Crippen LogP contribution < -0.4 is 4.74 Å². The molecule has 0 saturated heterocycles. The third-order valence-corrected chi connectivity index (χ3v) is 3.69. The molecule has 0 atom stereocenters. The standard InChI is InChI=1S/C14H16OS/c1-5-12-10(4)16-13-8-6-7-11(9(2)3)14(13)15-12/h5-9H,1H2,2-4H3. The Bertz CT molecular complexity index is 458. The smallest absolute Gasteiger partial charge is 0.144 e. The normalized spacial score (nSPS) is 14.8. The predicted molar refractivity (Wildman–Crippen MR) is 69.9 cm³/mol. The highest BCUT2D eigenvalue weighted by molar-refractivity contribution is 8.03. The molecule has 16 heavy (non-hydrogen) atoms. The highest BCUT2D eigenvalue weighted by Crippen LogP contribution is 2.44. The minimum absolute atomic E-state index is 0.472. The van der Waals surface area contributed by atoms with Gasteiger partial charge >= 0.3 is 0 Å². The topological polar surface area (TPSA) is 9.23 Å². The quantitative estimate of drug-likeness (QED) is 0.730. The Morgan fingerprint density at radius 2 is 2.12 bits per heavy atom. The largest absolute Gasteiger partial charge is 0.455 e. The van der Waals surface area contributed by atoms with Crippen LogP contribution in [0.5, 0.6) is 5.75 Å². The van der Waals surface area contributed by atoms with Crippen LogP contribution in [0.1, 0.15) is 32.3 Å². The van der Waals surface area contributed by atoms with E-state index in [4.69, 9.17) is 4.74 Å². The van der Waals surface area contributed by atoms with Gasteiger partial charge in [-0.1, -0.05) is 44.3 Å². The van der Waals surface area contributed by atoms with Crippen molar-refractivity contribution in [3.63, 3.8) is 0 Å². The Morgan fingerprint density at radius 3 is 2.75 bits per heavy atom. The summed E-state index contributed by atoms with van der Waals surface area (Å²) >= 11 is 1.76. The SMILES string of the molecule is C=CC1=C(C)Sc2cccc(C(C)C)c2O1. The number of ether oxygens (including phenoxy) is 1. The van der Waals surface area contributed by atoms with Gasteiger partial charge in [-0.3, -0.25) is 0 Å². The van der Waals surface area contributed by atoms with Gasteiger partial charge in [0.15, 0.2) is 0 Å². The van der Waals surface area contributed by atoms with Gasteiger partial charge in [-0.2, -0.15) is 0 Å². The van der Waals surface area contributed by atoms with E-state index in [0.29, 0.717) is 5.92 Å². The Morgan fingerprint density at radius 1 is 1.38 bits per heavy atom. The summed E-state index contributed by atoms with van der Waals surface area (Å²) in [5.74, 6) is 2.36. The van der Waals surface area contributed by atoms with Crippen molar-refractivity contribution < 1.29 is 4.74 Å². The Hall–Kier alpha value is -1.15. The number of para-hydroxylation sites is 1. The van der Waals surface area contributed by atoms with E-state index in [2.05, 4.69) is 45.5 Å². The number of benzene rings is 1. The van der Waals surface area contributed by atoms with Gasteiger partial charge in [-0.05, 0) is 30.5 Å². The fourth-order valence-electron chi connectivity index (χ4n) is 1.76. The summed E-state index contributed by atoms with van der Waals surface area (Å²) in [7, 11) is 0. The fourth-order valence-corrected chi connectivity index (χ4v) is 2.71. The lowest BCUT2D eigenvalue weighted by atomic mass is 10.0. The number of rotatable bonds is 2. The highest BCUT2D eigenvalue weighted by atomic mass is 32.2. The van der Waals surface area contributed by atoms with Gasteiger partial charge in [0.05, 0.1) is 4.90 Å². The van der Waals surface area contributed by atoms with Crippen LogP contribution in [0.2, 0.25) is 0 Å². The van der Waals surface area contributed by atoms with E-state index in [9.17, 15) is 0 Å². The van der Waals surface area contributed by atoms with Crippen LogP contribution in [0.15, 0.2) is 46.4 Å². The second-order valence-corrected chi connectivity index (χ2v) is 5.41. The van der Waals surface area contributed by atoms with Crippen molar-refractivity contribution in [1.29, 1.82) is 0 Å². The summed E-state index contributed by atoms with van der Waals surface area (Å²) in [4.78, 5) is 2.37. The Labute approximate surface area is 101 Å². The molecule has 0 aromatic heterocycles. The average molecular weight is 232 g/mol. The van der Waals surface area contributed by atoms with Gasteiger partial charge in [0.25, 0.3) is 0 Å². The third-order valence-electron chi connectivity index (χ3n) is 2.64. The minimum atomic E-state index is 0.472. The van der Waals surface area contributed by atoms with Gasteiger partial charge in [-0.15, -0.1) is 0 Å². The van der Waals surface area contributed by atoms with Crippen LogP contribution in [-0.4, -0.2) is 0 Å². The summed E-state index contributed by atoms with van der Waals surface area (Å²) in [5, 5.41) is 0. The molecule has 84 valence electrons. The maximum absolute atomic E-state index is 5.93. The number of thioether (sulfide) groups is 1. The second kappa shape index (κ2) is 4.38. The predicted octanol–water partition coefficient (Wildman–Crippen LogP) is 4.71. The van der Waals surface area contributed by atoms with E-state index in [1.165, 1.54) is 15.4 Å². The molecule has 0 spiro atoms. The Balaban J connectivity index is 2.49. The van der Waals surface area contributed by atoms with E-state index in [-0.39, 0.29) is 0 Å². The molecule has 0 aliphatic carbocycles. The molecule has 0 bridgehead atoms. The lowest BCUT2D eigenvalue weighted by molar-refractivity contribution is 0.420. The summed E-state index contributed by atoms with van der Waals surface area (Å²) in [6.45, 7) is 10.2. The minimum Gasteiger partial charge on any atom is -0.455 e. The Kier molecular flexibility index (Phi) is 3.10. The first kappa shape index (κ1) is 11.3. The molecule has 2 heteroatoms. The number of allylic oxidation sites excluding steroid dienone is 2. The third kappa shape index (κ3) is 1.90. The lowest BCUT2D eigenvalue weighted by Crippen LogP contribution is -2.04. The summed E-state index contributed by atoms with van der Waals surface area (Å²) in [6, 6.07) is 6.33. The second-order valence-electron chi connectivity index (χ2n) is 4.16. The maximum atomic E-state index is 5.93. The molecular weight excluding hydrogens is 216 g/mol. The molecule has 1 aromatic carbocycles. The molecule has 0 unspecified atom stereocenters. The van der Waals surface area contributed by atoms with E-state index in [1.807, 2.05) is 0 Å². The van der Waals surface area contributed by atoms with E-state index in [0.717, 1.165) is 11.5 Å². The van der Waals surface area contributed by atoms with Crippen molar-refractivity contribution in [2.24, 2.45) is 0 Å². The number of fused-ring (bicyclic) bond motifs is 1. The number of hydrogen-bond acceptors (Lipinski definition) is 2. The van der Waals surface area contributed by atoms with Crippen LogP contribution in [0.25, 0.3) is 0 Å². The molecule has 1 aliphatic heterocycles. The summed E-state index contributed by atoms with van der Waals surface area (Å²) in [5.41, 5.74) is 1.26. The highest BCUT2D eigenvalue weighted by Gasteiger charge is 2.20. The van der Waals surface area contributed by atoms with Gasteiger partial charge in [-0.25, -0.2) is 0 Å². The monoisotopic (exact) mass is 232 g/mol. The van der Waals surface area contributed by atoms with Crippen LogP contribution >= 0.6 is 11.8 Å². The molecule has 0 saturated carbocycles. The molecule has 1 aliphatic rings. The van der Waals surface area contributed by atoms with E-state index < -0.39 is 0 Å². The molecule has 0 fully saturated rings. The first-order chi connectivity index (χ1) is 7.63. The first-order valence-corrected chi connectivity index (χ1v) is 6.27. The number of hydrogen-bond donors (Lipinski definition) is 0. The van der Waals surface area contributed by atoms with Gasteiger partial charge in [0, 0.05) is 4.91 Å². The molecule has 2 rings (SSSR count). The molecular formula is C14H16OS. The van der Waals surface area contributed by atoms with E-state index in [1.54, 1.807) is 17.8 Å². The van der Waals surface area contributed by atoms with Crippen molar-refractivity contribution in [1.82, 2.24) is 0 Å². The molecule has 1 heterocycles. The zero-order chi connectivity index (χ0) is 11.7. The van der Waals surface area contributed by atoms with Crippen LogP contribution in [0.4, 0.5) is 0 Å². The van der Waals surface area contributed by atoms with Crippen LogP contribution in [-0.2, 0) is 0 Å². The van der Waals surface area contributed by atoms with Crippen LogP contribution in [0, 0.1) is 0 Å². The summed E-state index contributed by atoms with van der Waals surface area (Å²) in [6.07, 6.45) is 1.78. The van der Waals surface area contributed by atoms with Gasteiger partial charge < -0.3 is 4.74 Å².